The zero-order valence-electron chi connectivity index (χ0n) is 12.1. The largest absolute Gasteiger partial charge is 0.493 e. The average Bonchev–Trinajstić information content (AvgIpc) is 2.54. The van der Waals surface area contributed by atoms with Gasteiger partial charge in [0.2, 0.25) is 0 Å². The highest BCUT2D eigenvalue weighted by atomic mass is 16.6. The van der Waals surface area contributed by atoms with Crippen molar-refractivity contribution in [2.24, 2.45) is 0 Å². The molecule has 0 radical (unpaired) electrons. The Morgan fingerprint density at radius 3 is 2.48 bits per heavy atom. The molecule has 0 aliphatic rings. The first-order chi connectivity index (χ1) is 11.1. The van der Waals surface area contributed by atoms with Gasteiger partial charge in [-0.05, 0) is 18.2 Å². The first kappa shape index (κ1) is 14.6. The summed E-state index contributed by atoms with van der Waals surface area (Å²) < 4.78 is 11.0. The van der Waals surface area contributed by atoms with E-state index in [4.69, 9.17) is 9.47 Å². The number of nitro benzene ring substituents is 1. The first-order valence-corrected chi connectivity index (χ1v) is 6.71. The summed E-state index contributed by atoms with van der Waals surface area (Å²) in [6.07, 6.45) is 0. The summed E-state index contributed by atoms with van der Waals surface area (Å²) in [5.41, 5.74) is -0.559. The molecular formula is C16H12N2O5. The molecule has 0 bridgehead atoms. The summed E-state index contributed by atoms with van der Waals surface area (Å²) in [5.74, 6) is 1.12. The topological polar surface area (TPSA) is 94.5 Å². The fourth-order valence-electron chi connectivity index (χ4n) is 2.29. The molecule has 0 saturated carbocycles. The minimum atomic E-state index is -0.550. The number of hydrogen-bond acceptors (Lipinski definition) is 5. The Labute approximate surface area is 130 Å². The number of non-ortho nitro benzene ring substituents is 1. The van der Waals surface area contributed by atoms with Crippen molar-refractivity contribution >= 4 is 16.6 Å². The van der Waals surface area contributed by atoms with Gasteiger partial charge in [0.15, 0.2) is 11.5 Å². The van der Waals surface area contributed by atoms with Gasteiger partial charge >= 0.3 is 0 Å². The second-order valence-electron chi connectivity index (χ2n) is 4.71. The minimum absolute atomic E-state index is 0.120. The Bertz CT molecular complexity index is 949. The number of nitrogens with one attached hydrogen (secondary N) is 1. The van der Waals surface area contributed by atoms with Gasteiger partial charge in [-0.25, -0.2) is 0 Å². The minimum Gasteiger partial charge on any atom is -0.493 e. The SMILES string of the molecule is COc1ccccc1Oc1cc(=O)[nH]c2c([N+](=O)[O-])cccc12. The molecular weight excluding hydrogens is 300 g/mol. The number of aromatic nitrogens is 1. The van der Waals surface area contributed by atoms with Crippen molar-refractivity contribution in [2.45, 2.75) is 0 Å². The second kappa shape index (κ2) is 5.80. The van der Waals surface area contributed by atoms with Crippen LogP contribution in [0.3, 0.4) is 0 Å². The molecule has 23 heavy (non-hydrogen) atoms. The normalized spacial score (nSPS) is 10.5. The standard InChI is InChI=1S/C16H12N2O5/c1-22-12-7-2-3-8-13(12)23-14-9-15(19)17-16-10(14)5-4-6-11(16)18(20)21/h2-9H,1H3,(H,17,19). The molecule has 7 nitrogen and oxygen atoms in total. The number of nitro groups is 1. The van der Waals surface area contributed by atoms with E-state index in [0.717, 1.165) is 0 Å². The van der Waals surface area contributed by atoms with Crippen LogP contribution in [-0.4, -0.2) is 17.0 Å². The van der Waals surface area contributed by atoms with E-state index in [2.05, 4.69) is 4.98 Å². The highest BCUT2D eigenvalue weighted by molar-refractivity contribution is 5.91. The number of benzene rings is 2. The molecule has 1 aromatic heterocycles. The van der Waals surface area contributed by atoms with Gasteiger partial charge in [0.05, 0.1) is 12.0 Å². The number of nitrogens with zero attached hydrogens (tertiary/aromatic N) is 1. The van der Waals surface area contributed by atoms with E-state index in [1.165, 1.54) is 25.3 Å². The third-order valence-electron chi connectivity index (χ3n) is 3.30. The lowest BCUT2D eigenvalue weighted by Crippen LogP contribution is -2.06. The second-order valence-corrected chi connectivity index (χ2v) is 4.71. The van der Waals surface area contributed by atoms with E-state index in [1.807, 2.05) is 0 Å². The van der Waals surface area contributed by atoms with Crippen LogP contribution in [0.25, 0.3) is 10.9 Å². The van der Waals surface area contributed by atoms with Gasteiger partial charge < -0.3 is 14.5 Å². The first-order valence-electron chi connectivity index (χ1n) is 6.71. The number of H-pyrrole nitrogens is 1. The van der Waals surface area contributed by atoms with Crippen molar-refractivity contribution in [1.29, 1.82) is 0 Å². The molecule has 0 spiro atoms. The Hall–Kier alpha value is -3.35. The number of pyridine rings is 1. The van der Waals surface area contributed by atoms with Crippen molar-refractivity contribution in [3.63, 3.8) is 0 Å². The van der Waals surface area contributed by atoms with Crippen LogP contribution < -0.4 is 15.0 Å². The van der Waals surface area contributed by atoms with Gasteiger partial charge in [-0.2, -0.15) is 0 Å². The van der Waals surface area contributed by atoms with E-state index in [9.17, 15) is 14.9 Å². The smallest absolute Gasteiger partial charge is 0.293 e. The molecule has 3 aromatic rings. The summed E-state index contributed by atoms with van der Waals surface area (Å²) in [7, 11) is 1.50. The third kappa shape index (κ3) is 2.71. The molecule has 0 amide bonds. The average molecular weight is 312 g/mol. The summed E-state index contributed by atoms with van der Waals surface area (Å²) in [6.45, 7) is 0. The van der Waals surface area contributed by atoms with E-state index in [0.29, 0.717) is 16.9 Å². The van der Waals surface area contributed by atoms with Crippen LogP contribution in [0.5, 0.6) is 17.2 Å². The molecule has 116 valence electrons. The molecule has 0 aliphatic heterocycles. The predicted molar refractivity (Wildman–Crippen MR) is 84.3 cm³/mol. The lowest BCUT2D eigenvalue weighted by atomic mass is 10.1. The number of methoxy groups -OCH3 is 1. The zero-order chi connectivity index (χ0) is 16.4. The maximum atomic E-state index is 11.8. The van der Waals surface area contributed by atoms with Crippen molar-refractivity contribution in [1.82, 2.24) is 4.98 Å². The van der Waals surface area contributed by atoms with Gasteiger partial charge in [-0.3, -0.25) is 14.9 Å². The van der Waals surface area contributed by atoms with Gasteiger partial charge in [0.25, 0.3) is 11.2 Å². The van der Waals surface area contributed by atoms with Gasteiger partial charge in [-0.1, -0.05) is 18.2 Å². The summed E-state index contributed by atoms with van der Waals surface area (Å²) >= 11 is 0. The molecule has 0 fully saturated rings. The summed E-state index contributed by atoms with van der Waals surface area (Å²) in [6, 6.07) is 12.7. The fraction of sp³-hybridized carbons (Fsp3) is 0.0625. The lowest BCUT2D eigenvalue weighted by molar-refractivity contribution is -0.383. The maximum Gasteiger partial charge on any atom is 0.293 e. The van der Waals surface area contributed by atoms with E-state index >= 15 is 0 Å². The predicted octanol–water partition coefficient (Wildman–Crippen LogP) is 3.24. The summed E-state index contributed by atoms with van der Waals surface area (Å²) in [4.78, 5) is 24.9. The number of hydrogen-bond donors (Lipinski definition) is 1. The number of aromatic amines is 1. The van der Waals surface area contributed by atoms with Gasteiger partial charge in [0.1, 0.15) is 11.3 Å². The van der Waals surface area contributed by atoms with Gasteiger partial charge in [0, 0.05) is 17.5 Å². The molecule has 0 aliphatic carbocycles. The van der Waals surface area contributed by atoms with Crippen LogP contribution in [-0.2, 0) is 0 Å². The highest BCUT2D eigenvalue weighted by Gasteiger charge is 2.16. The molecule has 7 heteroatoms. The van der Waals surface area contributed by atoms with Crippen molar-refractivity contribution in [2.75, 3.05) is 7.11 Å². The molecule has 0 atom stereocenters. The van der Waals surface area contributed by atoms with Crippen LogP contribution in [0.4, 0.5) is 5.69 Å². The molecule has 3 rings (SSSR count). The Kier molecular flexibility index (Phi) is 3.68. The molecule has 1 heterocycles. The van der Waals surface area contributed by atoms with Crippen molar-refractivity contribution in [3.8, 4) is 17.2 Å². The number of ether oxygens (including phenoxy) is 2. The number of para-hydroxylation sites is 3. The van der Waals surface area contributed by atoms with E-state index in [1.54, 1.807) is 30.3 Å². The zero-order valence-corrected chi connectivity index (χ0v) is 12.1. The molecule has 0 unspecified atom stereocenters. The highest BCUT2D eigenvalue weighted by Crippen LogP contribution is 2.35. The molecule has 2 aromatic carbocycles. The fourth-order valence-corrected chi connectivity index (χ4v) is 2.29. The molecule has 0 saturated heterocycles. The Morgan fingerprint density at radius 1 is 1.04 bits per heavy atom. The van der Waals surface area contributed by atoms with Crippen LogP contribution in [0.2, 0.25) is 0 Å². The monoisotopic (exact) mass is 312 g/mol. The summed E-state index contributed by atoms with van der Waals surface area (Å²) in [5, 5.41) is 11.6. The maximum absolute atomic E-state index is 11.8. The lowest BCUT2D eigenvalue weighted by Gasteiger charge is -2.11. The van der Waals surface area contributed by atoms with Crippen molar-refractivity contribution < 1.29 is 14.4 Å². The van der Waals surface area contributed by atoms with Crippen LogP contribution >= 0.6 is 0 Å². The number of fused-ring (bicyclic) bond motifs is 1. The Balaban J connectivity index is 2.20. The van der Waals surface area contributed by atoms with Crippen LogP contribution in [0.15, 0.2) is 53.3 Å². The van der Waals surface area contributed by atoms with Crippen LogP contribution in [0.1, 0.15) is 0 Å². The quantitative estimate of drug-likeness (QED) is 0.589. The van der Waals surface area contributed by atoms with Crippen molar-refractivity contribution in [3.05, 3.63) is 69.0 Å². The van der Waals surface area contributed by atoms with Crippen LogP contribution in [0, 0.1) is 10.1 Å². The van der Waals surface area contributed by atoms with Gasteiger partial charge in [-0.15, -0.1) is 0 Å². The molecule has 1 N–H and O–H groups in total. The third-order valence-corrected chi connectivity index (χ3v) is 3.30. The Morgan fingerprint density at radius 2 is 1.78 bits per heavy atom. The van der Waals surface area contributed by atoms with E-state index < -0.39 is 10.5 Å². The van der Waals surface area contributed by atoms with E-state index in [-0.39, 0.29) is 17.0 Å². The number of rotatable bonds is 4.